The molecule has 2 aromatic heterocycles. The van der Waals surface area contributed by atoms with Gasteiger partial charge in [-0.15, -0.1) is 11.3 Å². The third kappa shape index (κ3) is 3.56. The van der Waals surface area contributed by atoms with Crippen LogP contribution in [0.3, 0.4) is 0 Å². The Morgan fingerprint density at radius 3 is 2.68 bits per heavy atom. The van der Waals surface area contributed by atoms with Crippen LogP contribution in [0.1, 0.15) is 34.7 Å². The fourth-order valence-corrected chi connectivity index (χ4v) is 3.42. The Morgan fingerprint density at radius 2 is 2.16 bits per heavy atom. The molecule has 0 spiro atoms. The summed E-state index contributed by atoms with van der Waals surface area (Å²) in [7, 11) is 0. The lowest BCUT2D eigenvalue weighted by Crippen LogP contribution is -2.22. The molecule has 19 heavy (non-hydrogen) atoms. The molecule has 0 aliphatic rings. The topological polar surface area (TPSA) is 24.9 Å². The Hall–Kier alpha value is -0.900. The van der Waals surface area contributed by atoms with Crippen LogP contribution in [0.4, 0.5) is 0 Å². The molecule has 1 unspecified atom stereocenters. The van der Waals surface area contributed by atoms with Gasteiger partial charge in [0.1, 0.15) is 0 Å². The van der Waals surface area contributed by atoms with Gasteiger partial charge < -0.3 is 5.32 Å². The van der Waals surface area contributed by atoms with Crippen molar-refractivity contribution in [2.45, 2.75) is 33.2 Å². The second kappa shape index (κ2) is 6.51. The highest BCUT2D eigenvalue weighted by molar-refractivity contribution is 7.10. The molecule has 0 aliphatic carbocycles. The lowest BCUT2D eigenvalue weighted by molar-refractivity contribution is 0.552. The monoisotopic (exact) mass is 294 g/mol. The van der Waals surface area contributed by atoms with Crippen molar-refractivity contribution in [3.63, 3.8) is 0 Å². The minimum atomic E-state index is 0.242. The highest BCUT2D eigenvalue weighted by Crippen LogP contribution is 2.33. The van der Waals surface area contributed by atoms with Gasteiger partial charge >= 0.3 is 0 Å². The molecule has 4 heteroatoms. The number of aryl methyl sites for hydroxylation is 2. The van der Waals surface area contributed by atoms with Gasteiger partial charge in [0.05, 0.1) is 5.02 Å². The maximum atomic E-state index is 6.38. The van der Waals surface area contributed by atoms with E-state index in [0.717, 1.165) is 29.2 Å². The molecule has 0 radical (unpaired) electrons. The summed E-state index contributed by atoms with van der Waals surface area (Å²) in [5.41, 5.74) is 3.44. The predicted molar refractivity (Wildman–Crippen MR) is 83.2 cm³/mol. The first-order valence-corrected chi connectivity index (χ1v) is 7.76. The third-order valence-corrected chi connectivity index (χ3v) is 4.91. The average molecular weight is 295 g/mol. The lowest BCUT2D eigenvalue weighted by Gasteiger charge is -2.17. The van der Waals surface area contributed by atoms with E-state index in [4.69, 9.17) is 11.6 Å². The molecule has 2 aromatic rings. The van der Waals surface area contributed by atoms with Gasteiger partial charge in [-0.05, 0) is 43.0 Å². The van der Waals surface area contributed by atoms with E-state index in [1.54, 1.807) is 11.3 Å². The van der Waals surface area contributed by atoms with Gasteiger partial charge in [-0.3, -0.25) is 4.98 Å². The van der Waals surface area contributed by atoms with E-state index in [2.05, 4.69) is 48.6 Å². The van der Waals surface area contributed by atoms with Crippen molar-refractivity contribution >= 4 is 22.9 Å². The van der Waals surface area contributed by atoms with Crippen molar-refractivity contribution in [2.75, 3.05) is 6.54 Å². The number of likely N-dealkylation sites (N-methyl/N-ethyl adjacent to an activating group) is 1. The SMILES string of the molecule is CCNC(Cc1ccc(C)cn1)c1scc(C)c1Cl. The summed E-state index contributed by atoms with van der Waals surface area (Å²) in [6, 6.07) is 4.44. The first kappa shape index (κ1) is 14.5. The molecule has 0 saturated carbocycles. The summed E-state index contributed by atoms with van der Waals surface area (Å²) in [6.45, 7) is 7.14. The molecule has 2 nitrogen and oxygen atoms in total. The van der Waals surface area contributed by atoms with Gasteiger partial charge in [-0.2, -0.15) is 0 Å². The normalized spacial score (nSPS) is 12.6. The summed E-state index contributed by atoms with van der Waals surface area (Å²) in [5, 5.41) is 6.51. The average Bonchev–Trinajstić information content (AvgIpc) is 2.72. The van der Waals surface area contributed by atoms with Gasteiger partial charge in [0, 0.05) is 29.2 Å². The molecule has 1 N–H and O–H groups in total. The smallest absolute Gasteiger partial charge is 0.0590 e. The van der Waals surface area contributed by atoms with Gasteiger partial charge in [0.15, 0.2) is 0 Å². The largest absolute Gasteiger partial charge is 0.309 e. The zero-order valence-corrected chi connectivity index (χ0v) is 13.1. The highest BCUT2D eigenvalue weighted by Gasteiger charge is 2.18. The summed E-state index contributed by atoms with van der Waals surface area (Å²) >= 11 is 8.11. The van der Waals surface area contributed by atoms with Crippen molar-refractivity contribution in [1.29, 1.82) is 0 Å². The van der Waals surface area contributed by atoms with Crippen LogP contribution in [-0.2, 0) is 6.42 Å². The molecule has 2 rings (SSSR count). The molecule has 2 heterocycles. The van der Waals surface area contributed by atoms with E-state index < -0.39 is 0 Å². The number of nitrogens with zero attached hydrogens (tertiary/aromatic N) is 1. The maximum absolute atomic E-state index is 6.38. The van der Waals surface area contributed by atoms with Gasteiger partial charge in [0.2, 0.25) is 0 Å². The Balaban J connectivity index is 2.21. The minimum absolute atomic E-state index is 0.242. The van der Waals surface area contributed by atoms with Crippen LogP contribution in [-0.4, -0.2) is 11.5 Å². The number of nitrogens with one attached hydrogen (secondary N) is 1. The van der Waals surface area contributed by atoms with Crippen LogP contribution >= 0.6 is 22.9 Å². The second-order valence-electron chi connectivity index (χ2n) is 4.74. The van der Waals surface area contributed by atoms with Crippen molar-refractivity contribution < 1.29 is 0 Å². The fourth-order valence-electron chi connectivity index (χ4n) is 2.02. The van der Waals surface area contributed by atoms with E-state index in [1.165, 1.54) is 10.4 Å². The minimum Gasteiger partial charge on any atom is -0.309 e. The summed E-state index contributed by atoms with van der Waals surface area (Å²) in [5.74, 6) is 0. The van der Waals surface area contributed by atoms with E-state index in [0.29, 0.717) is 0 Å². The van der Waals surface area contributed by atoms with Crippen LogP contribution in [0, 0.1) is 13.8 Å². The zero-order chi connectivity index (χ0) is 13.8. The lowest BCUT2D eigenvalue weighted by atomic mass is 10.1. The second-order valence-corrected chi connectivity index (χ2v) is 6.03. The first-order valence-electron chi connectivity index (χ1n) is 6.50. The van der Waals surface area contributed by atoms with Crippen LogP contribution in [0.15, 0.2) is 23.7 Å². The number of rotatable bonds is 5. The van der Waals surface area contributed by atoms with E-state index in [9.17, 15) is 0 Å². The van der Waals surface area contributed by atoms with E-state index in [1.807, 2.05) is 6.20 Å². The number of hydrogen-bond acceptors (Lipinski definition) is 3. The third-order valence-electron chi connectivity index (χ3n) is 3.08. The Bertz CT molecular complexity index is 534. The molecular formula is C15H19ClN2S. The van der Waals surface area contributed by atoms with Crippen molar-refractivity contribution in [3.05, 3.63) is 50.4 Å². The predicted octanol–water partition coefficient (Wildman–Crippen LogP) is 4.31. The van der Waals surface area contributed by atoms with Gasteiger partial charge in [-0.1, -0.05) is 24.6 Å². The quantitative estimate of drug-likeness (QED) is 0.889. The number of halogens is 1. The van der Waals surface area contributed by atoms with Gasteiger partial charge in [0.25, 0.3) is 0 Å². The maximum Gasteiger partial charge on any atom is 0.0590 e. The summed E-state index contributed by atoms with van der Waals surface area (Å²) in [4.78, 5) is 5.70. The zero-order valence-electron chi connectivity index (χ0n) is 11.5. The van der Waals surface area contributed by atoms with Crippen molar-refractivity contribution in [2.24, 2.45) is 0 Å². The first-order chi connectivity index (χ1) is 9.11. The van der Waals surface area contributed by atoms with E-state index >= 15 is 0 Å². The standard InChI is InChI=1S/C15H19ClN2S/c1-4-17-13(15-14(16)11(3)9-19-15)7-12-6-5-10(2)8-18-12/h5-6,8-9,13,17H,4,7H2,1-3H3. The number of pyridine rings is 1. The number of thiophene rings is 1. The van der Waals surface area contributed by atoms with Crippen LogP contribution in [0.25, 0.3) is 0 Å². The molecule has 0 amide bonds. The Labute approximate surface area is 123 Å². The van der Waals surface area contributed by atoms with Crippen LogP contribution in [0.2, 0.25) is 5.02 Å². The summed E-state index contributed by atoms with van der Waals surface area (Å²) in [6.07, 6.45) is 2.79. The molecule has 0 saturated heterocycles. The van der Waals surface area contributed by atoms with Crippen LogP contribution < -0.4 is 5.32 Å². The molecule has 0 bridgehead atoms. The molecule has 102 valence electrons. The van der Waals surface area contributed by atoms with Crippen LogP contribution in [0.5, 0.6) is 0 Å². The molecule has 1 atom stereocenters. The number of aromatic nitrogens is 1. The van der Waals surface area contributed by atoms with E-state index in [-0.39, 0.29) is 6.04 Å². The number of hydrogen-bond donors (Lipinski definition) is 1. The molecule has 0 aliphatic heterocycles. The van der Waals surface area contributed by atoms with Crippen molar-refractivity contribution in [1.82, 2.24) is 10.3 Å². The Kier molecular flexibility index (Phi) is 4.97. The van der Waals surface area contributed by atoms with Crippen molar-refractivity contribution in [3.8, 4) is 0 Å². The molecule has 0 fully saturated rings. The molecule has 0 aromatic carbocycles. The highest BCUT2D eigenvalue weighted by atomic mass is 35.5. The Morgan fingerprint density at radius 1 is 1.37 bits per heavy atom. The summed E-state index contributed by atoms with van der Waals surface area (Å²) < 4.78 is 0. The molecular weight excluding hydrogens is 276 g/mol. The fraction of sp³-hybridized carbons (Fsp3) is 0.400. The van der Waals surface area contributed by atoms with Gasteiger partial charge in [-0.25, -0.2) is 0 Å².